The smallest absolute Gasteiger partial charge is 0.350 e. The van der Waals surface area contributed by atoms with Gasteiger partial charge in [0, 0.05) is 0 Å². The molecule has 1 N–H and O–H groups in total. The van der Waals surface area contributed by atoms with E-state index in [1.54, 1.807) is 30.3 Å². The molecule has 24 heavy (non-hydrogen) atoms. The van der Waals surface area contributed by atoms with Crippen molar-refractivity contribution < 1.29 is 13.5 Å². The van der Waals surface area contributed by atoms with Crippen molar-refractivity contribution in [2.45, 2.75) is 4.90 Å². The van der Waals surface area contributed by atoms with Gasteiger partial charge in [0.25, 0.3) is 10.0 Å². The van der Waals surface area contributed by atoms with Crippen molar-refractivity contribution in [3.05, 3.63) is 76.8 Å². The van der Waals surface area contributed by atoms with Crippen LogP contribution in [0.3, 0.4) is 0 Å². The number of rotatable bonds is 3. The third kappa shape index (κ3) is 2.47. The Balaban J connectivity index is 2.22. The molecule has 0 bridgehead atoms. The van der Waals surface area contributed by atoms with Crippen LogP contribution >= 0.6 is 0 Å². The normalized spacial score (nSPS) is 11.1. The maximum atomic E-state index is 12.7. The molecule has 3 aromatic rings. The number of aromatic nitrogens is 2. The third-order valence-corrected chi connectivity index (χ3v) is 5.04. The van der Waals surface area contributed by atoms with E-state index in [0.29, 0.717) is 9.66 Å². The van der Waals surface area contributed by atoms with Gasteiger partial charge in [-0.15, -0.1) is 3.97 Å². The number of benzene rings is 2. The molecule has 0 spiro atoms. The summed E-state index contributed by atoms with van der Waals surface area (Å²) in [6, 6.07) is 15.4. The minimum atomic E-state index is -4.34. The minimum absolute atomic E-state index is 0.131. The molecule has 0 saturated carbocycles. The molecule has 0 radical (unpaired) electrons. The molecule has 0 amide bonds. The minimum Gasteiger partial charge on any atom is -0.493 e. The second kappa shape index (κ2) is 5.72. The first-order valence-corrected chi connectivity index (χ1v) is 8.23. The van der Waals surface area contributed by atoms with Crippen molar-refractivity contribution in [2.24, 2.45) is 0 Å². The van der Waals surface area contributed by atoms with E-state index < -0.39 is 21.6 Å². The van der Waals surface area contributed by atoms with E-state index >= 15 is 0 Å². The van der Waals surface area contributed by atoms with Gasteiger partial charge in [0.15, 0.2) is 0 Å². The number of imidazole rings is 1. The van der Waals surface area contributed by atoms with Gasteiger partial charge in [0.2, 0.25) is 5.88 Å². The number of nitriles is 1. The molecule has 0 saturated heterocycles. The fraction of sp³-hybridized carbons (Fsp3) is 0. The highest BCUT2D eigenvalue weighted by Gasteiger charge is 2.25. The highest BCUT2D eigenvalue weighted by Crippen LogP contribution is 2.20. The lowest BCUT2D eigenvalue weighted by molar-refractivity contribution is 0.443. The van der Waals surface area contributed by atoms with Crippen LogP contribution in [-0.2, 0) is 10.0 Å². The Hall–Kier alpha value is -3.31. The summed E-state index contributed by atoms with van der Waals surface area (Å²) in [6.45, 7) is 0. The van der Waals surface area contributed by atoms with Gasteiger partial charge in [-0.25, -0.2) is 13.2 Å². The largest absolute Gasteiger partial charge is 0.493 e. The van der Waals surface area contributed by atoms with E-state index in [2.05, 4.69) is 0 Å². The summed E-state index contributed by atoms with van der Waals surface area (Å²) in [7, 11) is -4.34. The highest BCUT2D eigenvalue weighted by molar-refractivity contribution is 7.90. The molecule has 0 aliphatic carbocycles. The van der Waals surface area contributed by atoms with Crippen LogP contribution in [0.2, 0.25) is 0 Å². The summed E-state index contributed by atoms with van der Waals surface area (Å²) >= 11 is 0. The van der Waals surface area contributed by atoms with Crippen LogP contribution in [0.1, 0.15) is 5.56 Å². The second-order valence-corrected chi connectivity index (χ2v) is 6.67. The summed E-state index contributed by atoms with van der Waals surface area (Å²) in [6.07, 6.45) is 1.03. The molecule has 8 heteroatoms. The number of hydrogen-bond donors (Lipinski definition) is 1. The van der Waals surface area contributed by atoms with Crippen molar-refractivity contribution >= 4 is 10.0 Å². The monoisotopic (exact) mass is 341 g/mol. The number of para-hydroxylation sites is 1. The molecule has 120 valence electrons. The van der Waals surface area contributed by atoms with Crippen LogP contribution in [0.4, 0.5) is 0 Å². The van der Waals surface area contributed by atoms with Gasteiger partial charge in [-0.2, -0.15) is 5.26 Å². The maximum absolute atomic E-state index is 12.7. The number of nitrogens with zero attached hydrogens (tertiary/aromatic N) is 3. The average molecular weight is 341 g/mol. The predicted molar refractivity (Wildman–Crippen MR) is 85.4 cm³/mol. The lowest BCUT2D eigenvalue weighted by Crippen LogP contribution is -2.28. The molecular weight excluding hydrogens is 330 g/mol. The van der Waals surface area contributed by atoms with Crippen LogP contribution in [0.15, 0.2) is 70.5 Å². The first kappa shape index (κ1) is 15.6. The van der Waals surface area contributed by atoms with Crippen LogP contribution in [0.5, 0.6) is 5.88 Å². The van der Waals surface area contributed by atoms with E-state index in [-0.39, 0.29) is 10.5 Å². The maximum Gasteiger partial charge on any atom is 0.350 e. The topological polar surface area (TPSA) is 105 Å². The van der Waals surface area contributed by atoms with E-state index in [1.165, 1.54) is 18.2 Å². The van der Waals surface area contributed by atoms with Crippen LogP contribution in [0, 0.1) is 11.3 Å². The Morgan fingerprint density at radius 2 is 1.75 bits per heavy atom. The van der Waals surface area contributed by atoms with Crippen LogP contribution < -0.4 is 5.69 Å². The van der Waals surface area contributed by atoms with E-state index in [1.807, 2.05) is 6.07 Å². The van der Waals surface area contributed by atoms with Crippen molar-refractivity contribution in [3.63, 3.8) is 0 Å². The summed E-state index contributed by atoms with van der Waals surface area (Å²) in [5, 5.41) is 18.9. The molecule has 7 nitrogen and oxygen atoms in total. The van der Waals surface area contributed by atoms with Gasteiger partial charge >= 0.3 is 5.69 Å². The lowest BCUT2D eigenvalue weighted by atomic mass is 10.2. The highest BCUT2D eigenvalue weighted by atomic mass is 32.2. The van der Waals surface area contributed by atoms with E-state index in [4.69, 9.17) is 5.26 Å². The molecule has 0 atom stereocenters. The second-order valence-electron chi connectivity index (χ2n) is 4.88. The summed E-state index contributed by atoms with van der Waals surface area (Å²) in [5.74, 6) is -0.716. The average Bonchev–Trinajstić information content (AvgIpc) is 2.90. The van der Waals surface area contributed by atoms with E-state index in [0.717, 1.165) is 16.8 Å². The van der Waals surface area contributed by atoms with Crippen molar-refractivity contribution in [1.29, 1.82) is 5.26 Å². The Bertz CT molecular complexity index is 1110. The van der Waals surface area contributed by atoms with Crippen LogP contribution in [-0.4, -0.2) is 22.1 Å². The molecule has 0 aliphatic rings. The van der Waals surface area contributed by atoms with Crippen molar-refractivity contribution in [2.75, 3.05) is 0 Å². The van der Waals surface area contributed by atoms with Gasteiger partial charge in [-0.3, -0.25) is 4.57 Å². The van der Waals surface area contributed by atoms with E-state index in [9.17, 15) is 18.3 Å². The molecule has 2 aromatic carbocycles. The molecule has 0 fully saturated rings. The number of hydrogen-bond acceptors (Lipinski definition) is 5. The standard InChI is InChI=1S/C16H11N3O4S/c17-10-12-5-4-8-14(9-12)24(22,23)19-15(20)11-18(16(19)21)13-6-2-1-3-7-13/h1-9,11,20H. The fourth-order valence-electron chi connectivity index (χ4n) is 2.25. The molecule has 1 heterocycles. The summed E-state index contributed by atoms with van der Waals surface area (Å²) in [4.78, 5) is 12.2. The Kier molecular flexibility index (Phi) is 3.71. The Morgan fingerprint density at radius 3 is 2.42 bits per heavy atom. The quantitative estimate of drug-likeness (QED) is 0.776. The first-order valence-electron chi connectivity index (χ1n) is 6.79. The van der Waals surface area contributed by atoms with Gasteiger partial charge in [0.1, 0.15) is 0 Å². The third-order valence-electron chi connectivity index (χ3n) is 3.37. The SMILES string of the molecule is N#Cc1cccc(S(=O)(=O)n2c(O)cn(-c3ccccc3)c2=O)c1. The van der Waals surface area contributed by atoms with Gasteiger partial charge in [0.05, 0.1) is 28.4 Å². The van der Waals surface area contributed by atoms with Gasteiger partial charge in [-0.1, -0.05) is 24.3 Å². The molecule has 0 unspecified atom stereocenters. The molecular formula is C16H11N3O4S. The van der Waals surface area contributed by atoms with Gasteiger partial charge < -0.3 is 5.11 Å². The van der Waals surface area contributed by atoms with Crippen LogP contribution in [0.25, 0.3) is 5.69 Å². The fourth-order valence-corrected chi connectivity index (χ4v) is 3.57. The zero-order chi connectivity index (χ0) is 17.3. The molecule has 1 aromatic heterocycles. The molecule has 0 aliphatic heterocycles. The lowest BCUT2D eigenvalue weighted by Gasteiger charge is -2.05. The van der Waals surface area contributed by atoms with Crippen molar-refractivity contribution in [1.82, 2.24) is 8.54 Å². The molecule has 3 rings (SSSR count). The zero-order valence-corrected chi connectivity index (χ0v) is 13.0. The zero-order valence-electron chi connectivity index (χ0n) is 12.2. The first-order chi connectivity index (χ1) is 11.4. The van der Waals surface area contributed by atoms with Crippen molar-refractivity contribution in [3.8, 4) is 17.6 Å². The Labute approximate surface area is 137 Å². The summed E-state index contributed by atoms with van der Waals surface area (Å²) in [5.41, 5.74) is -0.385. The summed E-state index contributed by atoms with van der Waals surface area (Å²) < 4.78 is 26.7. The number of aromatic hydroxyl groups is 1. The van der Waals surface area contributed by atoms with Gasteiger partial charge in [-0.05, 0) is 30.3 Å². The Morgan fingerprint density at radius 1 is 1.04 bits per heavy atom. The predicted octanol–water partition coefficient (Wildman–Crippen LogP) is 1.45.